The quantitative estimate of drug-likeness (QED) is 0.462. The maximum absolute atomic E-state index is 5.86. The second-order valence-corrected chi connectivity index (χ2v) is 4.45. The number of guanidine groups is 1. The zero-order valence-corrected chi connectivity index (χ0v) is 14.3. The van der Waals surface area contributed by atoms with Crippen LogP contribution >= 0.6 is 24.0 Å². The molecule has 0 aliphatic carbocycles. The Hall–Kier alpha value is -1.60. The summed E-state index contributed by atoms with van der Waals surface area (Å²) in [5, 5.41) is 3.05. The molecule has 0 heterocycles. The van der Waals surface area contributed by atoms with Gasteiger partial charge in [0.15, 0.2) is 5.96 Å². The summed E-state index contributed by atoms with van der Waals surface area (Å²) in [6.07, 6.45) is 0. The van der Waals surface area contributed by atoms with Crippen molar-refractivity contribution in [2.45, 2.75) is 13.2 Å². The molecule has 0 fully saturated rings. The number of aliphatic imine (C=N–C) groups is 1. The second-order valence-electron chi connectivity index (χ2n) is 4.45. The average molecular weight is 397 g/mol. The summed E-state index contributed by atoms with van der Waals surface area (Å²) < 4.78 is 5.11. The molecule has 0 aliphatic rings. The van der Waals surface area contributed by atoms with E-state index in [0.29, 0.717) is 19.1 Å². The molecule has 112 valence electrons. The Morgan fingerprint density at radius 1 is 1.10 bits per heavy atom. The van der Waals surface area contributed by atoms with Crippen molar-refractivity contribution in [1.82, 2.24) is 0 Å². The van der Waals surface area contributed by atoms with Gasteiger partial charge in [-0.05, 0) is 23.3 Å². The van der Waals surface area contributed by atoms with Crippen LogP contribution in [-0.2, 0) is 17.9 Å². The first kappa shape index (κ1) is 17.5. The molecule has 0 aliphatic heterocycles. The minimum atomic E-state index is 0. The Labute approximate surface area is 142 Å². The number of rotatable bonds is 5. The first-order valence-corrected chi connectivity index (χ1v) is 6.46. The highest BCUT2D eigenvalue weighted by Gasteiger charge is 1.97. The smallest absolute Gasteiger partial charge is 0.193 e. The lowest BCUT2D eigenvalue weighted by molar-refractivity contribution is 0.185. The first-order chi connectivity index (χ1) is 9.78. The Morgan fingerprint density at radius 3 is 2.52 bits per heavy atom. The molecule has 5 heteroatoms. The fourth-order valence-electron chi connectivity index (χ4n) is 1.87. The number of methoxy groups -OCH3 is 1. The van der Waals surface area contributed by atoms with Crippen LogP contribution in [0.3, 0.4) is 0 Å². The summed E-state index contributed by atoms with van der Waals surface area (Å²) in [4.78, 5) is 4.33. The molecule has 4 nitrogen and oxygen atoms in total. The summed E-state index contributed by atoms with van der Waals surface area (Å²) in [5.74, 6) is 0.411. The molecular formula is C16H20IN3O. The lowest BCUT2D eigenvalue weighted by Gasteiger charge is -2.06. The number of nitrogens with zero attached hydrogens (tertiary/aromatic N) is 1. The van der Waals surface area contributed by atoms with Crippen molar-refractivity contribution >= 4 is 35.6 Å². The van der Waals surface area contributed by atoms with Gasteiger partial charge in [0.05, 0.1) is 13.2 Å². The van der Waals surface area contributed by atoms with Crippen molar-refractivity contribution in [2.24, 2.45) is 10.7 Å². The third-order valence-corrected chi connectivity index (χ3v) is 2.78. The van der Waals surface area contributed by atoms with Gasteiger partial charge in [-0.3, -0.25) is 0 Å². The van der Waals surface area contributed by atoms with Gasteiger partial charge in [-0.2, -0.15) is 0 Å². The molecule has 0 saturated heterocycles. The fourth-order valence-corrected chi connectivity index (χ4v) is 1.87. The molecule has 2 aromatic rings. The summed E-state index contributed by atoms with van der Waals surface area (Å²) in [7, 11) is 1.69. The van der Waals surface area contributed by atoms with E-state index in [2.05, 4.69) is 16.4 Å². The molecule has 0 aromatic heterocycles. The molecule has 0 saturated carbocycles. The van der Waals surface area contributed by atoms with Crippen molar-refractivity contribution in [2.75, 3.05) is 12.4 Å². The van der Waals surface area contributed by atoms with Gasteiger partial charge in [0.1, 0.15) is 0 Å². The van der Waals surface area contributed by atoms with Crippen LogP contribution < -0.4 is 11.1 Å². The number of para-hydroxylation sites is 1. The highest BCUT2D eigenvalue weighted by Crippen LogP contribution is 2.08. The molecule has 21 heavy (non-hydrogen) atoms. The Kier molecular flexibility index (Phi) is 7.78. The van der Waals surface area contributed by atoms with Gasteiger partial charge in [-0.15, -0.1) is 24.0 Å². The van der Waals surface area contributed by atoms with Crippen LogP contribution in [0.5, 0.6) is 0 Å². The van der Waals surface area contributed by atoms with E-state index in [1.165, 1.54) is 0 Å². The highest BCUT2D eigenvalue weighted by atomic mass is 127. The standard InChI is InChI=1S/C16H19N3O.HI/c1-20-12-14-7-5-6-13(10-14)11-18-16(17)19-15-8-3-2-4-9-15;/h2-10H,11-12H2,1H3,(H3,17,18,19);1H. The number of benzene rings is 2. The van der Waals surface area contributed by atoms with E-state index < -0.39 is 0 Å². The lowest BCUT2D eigenvalue weighted by atomic mass is 10.1. The minimum Gasteiger partial charge on any atom is -0.380 e. The number of ether oxygens (including phenoxy) is 1. The van der Waals surface area contributed by atoms with Gasteiger partial charge in [0.25, 0.3) is 0 Å². The summed E-state index contributed by atoms with van der Waals surface area (Å²) in [6.45, 7) is 1.15. The molecule has 0 amide bonds. The number of halogens is 1. The van der Waals surface area contributed by atoms with Gasteiger partial charge < -0.3 is 15.8 Å². The lowest BCUT2D eigenvalue weighted by Crippen LogP contribution is -2.22. The molecule has 0 atom stereocenters. The molecule has 0 radical (unpaired) electrons. The van der Waals surface area contributed by atoms with E-state index >= 15 is 0 Å². The number of hydrogen-bond acceptors (Lipinski definition) is 2. The predicted molar refractivity (Wildman–Crippen MR) is 98.0 cm³/mol. The van der Waals surface area contributed by atoms with Gasteiger partial charge in [-0.1, -0.05) is 42.5 Å². The van der Waals surface area contributed by atoms with Crippen LogP contribution in [0.2, 0.25) is 0 Å². The monoisotopic (exact) mass is 397 g/mol. The maximum atomic E-state index is 5.86. The Morgan fingerprint density at radius 2 is 1.81 bits per heavy atom. The SMILES string of the molecule is COCc1cccc(CN=C(N)Nc2ccccc2)c1.I. The van der Waals surface area contributed by atoms with Crippen LogP contribution in [0.1, 0.15) is 11.1 Å². The maximum Gasteiger partial charge on any atom is 0.193 e. The normalized spacial score (nSPS) is 10.8. The molecular weight excluding hydrogens is 377 g/mol. The molecule has 2 rings (SSSR count). The number of anilines is 1. The average Bonchev–Trinajstić information content (AvgIpc) is 2.47. The Balaban J connectivity index is 0.00000220. The molecule has 0 bridgehead atoms. The summed E-state index contributed by atoms with van der Waals surface area (Å²) >= 11 is 0. The van der Waals surface area contributed by atoms with E-state index in [9.17, 15) is 0 Å². The number of hydrogen-bond donors (Lipinski definition) is 2. The van der Waals surface area contributed by atoms with E-state index in [4.69, 9.17) is 10.5 Å². The minimum absolute atomic E-state index is 0. The van der Waals surface area contributed by atoms with Crippen molar-refractivity contribution in [3.05, 3.63) is 65.7 Å². The van der Waals surface area contributed by atoms with Crippen molar-refractivity contribution in [3.63, 3.8) is 0 Å². The van der Waals surface area contributed by atoms with Crippen LogP contribution in [0.15, 0.2) is 59.6 Å². The van der Waals surface area contributed by atoms with Gasteiger partial charge in [-0.25, -0.2) is 4.99 Å². The van der Waals surface area contributed by atoms with E-state index in [1.807, 2.05) is 48.5 Å². The molecule has 0 spiro atoms. The highest BCUT2D eigenvalue weighted by molar-refractivity contribution is 14.0. The summed E-state index contributed by atoms with van der Waals surface area (Å²) in [5.41, 5.74) is 9.04. The van der Waals surface area contributed by atoms with E-state index in [1.54, 1.807) is 7.11 Å². The van der Waals surface area contributed by atoms with Gasteiger partial charge >= 0.3 is 0 Å². The van der Waals surface area contributed by atoms with Gasteiger partial charge in [0.2, 0.25) is 0 Å². The number of nitrogens with two attached hydrogens (primary N) is 1. The van der Waals surface area contributed by atoms with Gasteiger partial charge in [0, 0.05) is 12.8 Å². The zero-order chi connectivity index (χ0) is 14.2. The van der Waals surface area contributed by atoms with Crippen molar-refractivity contribution < 1.29 is 4.74 Å². The van der Waals surface area contributed by atoms with Crippen molar-refractivity contribution in [1.29, 1.82) is 0 Å². The third kappa shape index (κ3) is 6.14. The van der Waals surface area contributed by atoms with E-state index in [-0.39, 0.29) is 24.0 Å². The van der Waals surface area contributed by atoms with Crippen LogP contribution in [0.25, 0.3) is 0 Å². The fraction of sp³-hybridized carbons (Fsp3) is 0.188. The summed E-state index contributed by atoms with van der Waals surface area (Å²) in [6, 6.07) is 17.9. The second kappa shape index (κ2) is 9.36. The van der Waals surface area contributed by atoms with Crippen LogP contribution in [-0.4, -0.2) is 13.1 Å². The largest absolute Gasteiger partial charge is 0.380 e. The molecule has 2 aromatic carbocycles. The predicted octanol–water partition coefficient (Wildman–Crippen LogP) is 3.38. The molecule has 3 N–H and O–H groups in total. The Bertz CT molecular complexity index is 573. The topological polar surface area (TPSA) is 59.6 Å². The first-order valence-electron chi connectivity index (χ1n) is 6.46. The van der Waals surface area contributed by atoms with E-state index in [0.717, 1.165) is 16.8 Å². The third-order valence-electron chi connectivity index (χ3n) is 2.78. The zero-order valence-electron chi connectivity index (χ0n) is 12.0. The van der Waals surface area contributed by atoms with Crippen LogP contribution in [0.4, 0.5) is 5.69 Å². The number of nitrogens with one attached hydrogen (secondary N) is 1. The van der Waals surface area contributed by atoms with Crippen LogP contribution in [0, 0.1) is 0 Å². The van der Waals surface area contributed by atoms with Crippen molar-refractivity contribution in [3.8, 4) is 0 Å². The molecule has 0 unspecified atom stereocenters.